The Morgan fingerprint density at radius 3 is 3.06 bits per heavy atom. The number of fused-ring (bicyclic) bond motifs is 1. The number of aromatic nitrogens is 3. The van der Waals surface area contributed by atoms with E-state index in [-0.39, 0.29) is 6.04 Å². The van der Waals surface area contributed by atoms with Crippen LogP contribution in [0.4, 0.5) is 0 Å². The molecule has 0 radical (unpaired) electrons. The standard InChI is InChI=1S/C12H13ClN4/c13-9-4-1-3-8(7-9)11-15-16-12-10(14)5-2-6-17(11)12/h1,3-4,7,10H,2,5-6,14H2. The van der Waals surface area contributed by atoms with Crippen molar-refractivity contribution in [3.63, 3.8) is 0 Å². The van der Waals surface area contributed by atoms with E-state index in [9.17, 15) is 0 Å². The highest BCUT2D eigenvalue weighted by Gasteiger charge is 2.22. The Morgan fingerprint density at radius 2 is 2.24 bits per heavy atom. The van der Waals surface area contributed by atoms with Gasteiger partial charge >= 0.3 is 0 Å². The van der Waals surface area contributed by atoms with Crippen molar-refractivity contribution in [1.29, 1.82) is 0 Å². The van der Waals surface area contributed by atoms with Crippen LogP contribution in [0.15, 0.2) is 24.3 Å². The largest absolute Gasteiger partial charge is 0.321 e. The van der Waals surface area contributed by atoms with Crippen molar-refractivity contribution in [1.82, 2.24) is 14.8 Å². The van der Waals surface area contributed by atoms with E-state index in [1.54, 1.807) is 0 Å². The lowest BCUT2D eigenvalue weighted by Gasteiger charge is -2.20. The fourth-order valence-corrected chi connectivity index (χ4v) is 2.44. The highest BCUT2D eigenvalue weighted by Crippen LogP contribution is 2.28. The van der Waals surface area contributed by atoms with Crippen LogP contribution in [0.3, 0.4) is 0 Å². The van der Waals surface area contributed by atoms with Crippen molar-refractivity contribution in [2.75, 3.05) is 0 Å². The van der Waals surface area contributed by atoms with E-state index in [0.29, 0.717) is 5.02 Å². The van der Waals surface area contributed by atoms with Crippen LogP contribution >= 0.6 is 11.6 Å². The SMILES string of the molecule is NC1CCCn2c(-c3cccc(Cl)c3)nnc21. The molecule has 1 atom stereocenters. The predicted molar refractivity (Wildman–Crippen MR) is 66.6 cm³/mol. The summed E-state index contributed by atoms with van der Waals surface area (Å²) in [5, 5.41) is 9.13. The molecule has 0 aliphatic carbocycles. The molecule has 2 N–H and O–H groups in total. The molecule has 0 bridgehead atoms. The molecular weight excluding hydrogens is 236 g/mol. The van der Waals surface area contributed by atoms with Crippen molar-refractivity contribution in [3.8, 4) is 11.4 Å². The second-order valence-corrected chi connectivity index (χ2v) is 4.73. The molecule has 4 nitrogen and oxygen atoms in total. The molecule has 0 fully saturated rings. The van der Waals surface area contributed by atoms with Crippen LogP contribution in [0.1, 0.15) is 24.7 Å². The molecule has 5 heteroatoms. The molecule has 1 aliphatic heterocycles. The molecule has 88 valence electrons. The summed E-state index contributed by atoms with van der Waals surface area (Å²) in [6.45, 7) is 0.928. The molecule has 2 heterocycles. The van der Waals surface area contributed by atoms with E-state index in [1.807, 2.05) is 24.3 Å². The second kappa shape index (κ2) is 4.13. The fourth-order valence-electron chi connectivity index (χ4n) is 2.25. The third-order valence-electron chi connectivity index (χ3n) is 3.09. The van der Waals surface area contributed by atoms with Crippen LogP contribution in [0, 0.1) is 0 Å². The van der Waals surface area contributed by atoms with Gasteiger partial charge in [-0.25, -0.2) is 0 Å². The molecular formula is C12H13ClN4. The number of benzene rings is 1. The van der Waals surface area contributed by atoms with Gasteiger partial charge in [-0.05, 0) is 25.0 Å². The third-order valence-corrected chi connectivity index (χ3v) is 3.33. The number of halogens is 1. The molecule has 1 aromatic heterocycles. The van der Waals surface area contributed by atoms with Gasteiger partial charge in [-0.15, -0.1) is 10.2 Å². The first-order valence-electron chi connectivity index (χ1n) is 5.70. The molecule has 1 unspecified atom stereocenters. The lowest BCUT2D eigenvalue weighted by molar-refractivity contribution is 0.454. The third kappa shape index (κ3) is 1.83. The highest BCUT2D eigenvalue weighted by molar-refractivity contribution is 6.30. The van der Waals surface area contributed by atoms with Gasteiger partial charge < -0.3 is 10.3 Å². The first kappa shape index (κ1) is 10.7. The molecule has 17 heavy (non-hydrogen) atoms. The monoisotopic (exact) mass is 248 g/mol. The van der Waals surface area contributed by atoms with E-state index < -0.39 is 0 Å². The molecule has 1 aliphatic rings. The molecule has 2 aromatic rings. The van der Waals surface area contributed by atoms with Crippen molar-refractivity contribution >= 4 is 11.6 Å². The topological polar surface area (TPSA) is 56.7 Å². The van der Waals surface area contributed by atoms with Gasteiger partial charge in [0.1, 0.15) is 5.82 Å². The van der Waals surface area contributed by atoms with Gasteiger partial charge in [0, 0.05) is 17.1 Å². The summed E-state index contributed by atoms with van der Waals surface area (Å²) in [5.74, 6) is 1.74. The lowest BCUT2D eigenvalue weighted by atomic mass is 10.1. The zero-order valence-electron chi connectivity index (χ0n) is 9.31. The Balaban J connectivity index is 2.10. The summed E-state index contributed by atoms with van der Waals surface area (Å²) in [6, 6.07) is 7.67. The van der Waals surface area contributed by atoms with Gasteiger partial charge in [0.2, 0.25) is 0 Å². The predicted octanol–water partition coefficient (Wildman–Crippen LogP) is 2.39. The number of rotatable bonds is 1. The summed E-state index contributed by atoms with van der Waals surface area (Å²) in [7, 11) is 0. The van der Waals surface area contributed by atoms with Gasteiger partial charge in [-0.3, -0.25) is 0 Å². The molecule has 0 saturated carbocycles. The van der Waals surface area contributed by atoms with Gasteiger partial charge in [0.25, 0.3) is 0 Å². The number of hydrogen-bond acceptors (Lipinski definition) is 3. The summed E-state index contributed by atoms with van der Waals surface area (Å²) in [4.78, 5) is 0. The molecule has 0 saturated heterocycles. The maximum Gasteiger partial charge on any atom is 0.164 e. The Hall–Kier alpha value is -1.39. The van der Waals surface area contributed by atoms with Crippen LogP contribution in [-0.2, 0) is 6.54 Å². The van der Waals surface area contributed by atoms with Crippen molar-refractivity contribution in [2.45, 2.75) is 25.4 Å². The average Bonchev–Trinajstić information content (AvgIpc) is 2.74. The smallest absolute Gasteiger partial charge is 0.164 e. The first-order valence-corrected chi connectivity index (χ1v) is 6.08. The summed E-state index contributed by atoms with van der Waals surface area (Å²) < 4.78 is 2.10. The molecule has 0 spiro atoms. The van der Waals surface area contributed by atoms with E-state index >= 15 is 0 Å². The van der Waals surface area contributed by atoms with Crippen molar-refractivity contribution < 1.29 is 0 Å². The highest BCUT2D eigenvalue weighted by atomic mass is 35.5. The van der Waals surface area contributed by atoms with E-state index in [1.165, 1.54) is 0 Å². The molecule has 0 amide bonds. The second-order valence-electron chi connectivity index (χ2n) is 4.29. The maximum absolute atomic E-state index is 6.02. The quantitative estimate of drug-likeness (QED) is 0.843. The number of nitrogens with zero attached hydrogens (tertiary/aromatic N) is 3. The van der Waals surface area contributed by atoms with Gasteiger partial charge in [-0.1, -0.05) is 23.7 Å². The first-order chi connectivity index (χ1) is 8.25. The lowest BCUT2D eigenvalue weighted by Crippen LogP contribution is -2.22. The van der Waals surface area contributed by atoms with E-state index in [2.05, 4.69) is 14.8 Å². The van der Waals surface area contributed by atoms with Gasteiger partial charge in [-0.2, -0.15) is 0 Å². The van der Waals surface area contributed by atoms with Crippen LogP contribution in [0.5, 0.6) is 0 Å². The fraction of sp³-hybridized carbons (Fsp3) is 0.333. The Morgan fingerprint density at radius 1 is 1.35 bits per heavy atom. The molecule has 1 aromatic carbocycles. The van der Waals surface area contributed by atoms with Crippen molar-refractivity contribution in [3.05, 3.63) is 35.1 Å². The maximum atomic E-state index is 6.02. The van der Waals surface area contributed by atoms with Crippen LogP contribution in [-0.4, -0.2) is 14.8 Å². The van der Waals surface area contributed by atoms with Gasteiger partial charge in [0.15, 0.2) is 5.82 Å². The van der Waals surface area contributed by atoms with Gasteiger partial charge in [0.05, 0.1) is 6.04 Å². The Bertz CT molecular complexity index is 549. The van der Waals surface area contributed by atoms with Crippen molar-refractivity contribution in [2.24, 2.45) is 5.73 Å². The minimum Gasteiger partial charge on any atom is -0.321 e. The minimum atomic E-state index is 0.00387. The molecule has 3 rings (SSSR count). The number of hydrogen-bond donors (Lipinski definition) is 1. The number of nitrogens with two attached hydrogens (primary N) is 1. The summed E-state index contributed by atoms with van der Waals surface area (Å²) >= 11 is 5.99. The average molecular weight is 249 g/mol. The van der Waals surface area contributed by atoms with Crippen LogP contribution in [0.2, 0.25) is 5.02 Å². The Labute approximate surface area is 104 Å². The minimum absolute atomic E-state index is 0.00387. The van der Waals surface area contributed by atoms with E-state index in [0.717, 1.165) is 36.6 Å². The summed E-state index contributed by atoms with van der Waals surface area (Å²) in [5.41, 5.74) is 7.01. The van der Waals surface area contributed by atoms with Crippen LogP contribution < -0.4 is 5.73 Å². The van der Waals surface area contributed by atoms with E-state index in [4.69, 9.17) is 17.3 Å². The zero-order valence-corrected chi connectivity index (χ0v) is 10.1. The Kier molecular flexibility index (Phi) is 2.61. The normalized spacial score (nSPS) is 19.1. The van der Waals surface area contributed by atoms with Crippen LogP contribution in [0.25, 0.3) is 11.4 Å². The summed E-state index contributed by atoms with van der Waals surface area (Å²) in [6.07, 6.45) is 2.05. The zero-order chi connectivity index (χ0) is 11.8.